The number of hydrogen-bond acceptors (Lipinski definition) is 3. The monoisotopic (exact) mass is 298 g/mol. The molecule has 0 bridgehead atoms. The van der Waals surface area contributed by atoms with E-state index in [9.17, 15) is 14.4 Å². The molecule has 6 heteroatoms. The molecule has 1 saturated carbocycles. The summed E-state index contributed by atoms with van der Waals surface area (Å²) in [6.45, 7) is 4.07. The van der Waals surface area contributed by atoms with Crippen molar-refractivity contribution in [2.75, 3.05) is 13.6 Å². The first kappa shape index (κ1) is 17.5. The predicted octanol–water partition coefficient (Wildman–Crippen LogP) is 2.24. The molecule has 0 atom stereocenters. The Morgan fingerprint density at radius 3 is 2.29 bits per heavy atom. The maximum absolute atomic E-state index is 11.9. The smallest absolute Gasteiger partial charge is 0.323 e. The van der Waals surface area contributed by atoms with Gasteiger partial charge in [-0.1, -0.05) is 26.7 Å². The summed E-state index contributed by atoms with van der Waals surface area (Å²) in [6.07, 6.45) is 4.61. The fraction of sp³-hybridized carbons (Fsp3) is 0.800. The number of rotatable bonds is 6. The number of hydrogen-bond donors (Lipinski definition) is 2. The highest BCUT2D eigenvalue weighted by Gasteiger charge is 2.27. The van der Waals surface area contributed by atoms with E-state index in [-0.39, 0.29) is 12.8 Å². The van der Waals surface area contributed by atoms with Crippen LogP contribution in [0.1, 0.15) is 52.4 Å². The number of amides is 3. The maximum Gasteiger partial charge on any atom is 0.323 e. The van der Waals surface area contributed by atoms with Gasteiger partial charge >= 0.3 is 12.0 Å². The Morgan fingerprint density at radius 2 is 1.76 bits per heavy atom. The van der Waals surface area contributed by atoms with Gasteiger partial charge < -0.3 is 10.0 Å². The summed E-state index contributed by atoms with van der Waals surface area (Å²) in [4.78, 5) is 36.0. The second kappa shape index (κ2) is 7.43. The van der Waals surface area contributed by atoms with Gasteiger partial charge in [0.2, 0.25) is 5.91 Å². The predicted molar refractivity (Wildman–Crippen MR) is 78.8 cm³/mol. The molecule has 0 heterocycles. The highest BCUT2D eigenvalue weighted by atomic mass is 16.4. The van der Waals surface area contributed by atoms with Gasteiger partial charge in [0.25, 0.3) is 0 Å². The van der Waals surface area contributed by atoms with E-state index < -0.39 is 23.3 Å². The van der Waals surface area contributed by atoms with Crippen LogP contribution in [0.4, 0.5) is 4.79 Å². The van der Waals surface area contributed by atoms with Gasteiger partial charge in [-0.3, -0.25) is 14.9 Å². The third-order valence-corrected chi connectivity index (χ3v) is 3.87. The topological polar surface area (TPSA) is 86.7 Å². The Kier molecular flexibility index (Phi) is 6.18. The van der Waals surface area contributed by atoms with Crippen molar-refractivity contribution >= 4 is 17.9 Å². The number of carboxylic acids is 1. The van der Waals surface area contributed by atoms with E-state index in [0.29, 0.717) is 12.5 Å². The van der Waals surface area contributed by atoms with Gasteiger partial charge in [0.05, 0.1) is 6.42 Å². The van der Waals surface area contributed by atoms with Gasteiger partial charge in [-0.2, -0.15) is 0 Å². The molecule has 0 unspecified atom stereocenters. The molecule has 0 spiro atoms. The molecule has 3 amide bonds. The molecule has 1 aliphatic carbocycles. The molecule has 0 aliphatic heterocycles. The summed E-state index contributed by atoms with van der Waals surface area (Å²) < 4.78 is 0. The minimum Gasteiger partial charge on any atom is -0.481 e. The quantitative estimate of drug-likeness (QED) is 0.787. The standard InChI is InChI=1S/C15H26N2O4/c1-15(2,9-13(19)20)8-12(18)16-14(21)17(3)10-11-6-4-5-7-11/h11H,4-10H2,1-3H3,(H,19,20)(H,16,18,21). The van der Waals surface area contributed by atoms with Crippen molar-refractivity contribution in [3.8, 4) is 0 Å². The average molecular weight is 298 g/mol. The van der Waals surface area contributed by atoms with Gasteiger partial charge in [0.1, 0.15) is 0 Å². The summed E-state index contributed by atoms with van der Waals surface area (Å²) in [7, 11) is 1.68. The van der Waals surface area contributed by atoms with Crippen molar-refractivity contribution in [2.24, 2.45) is 11.3 Å². The molecule has 0 aromatic carbocycles. The van der Waals surface area contributed by atoms with Crippen LogP contribution in [0.2, 0.25) is 0 Å². The second-order valence-corrected chi connectivity index (χ2v) is 6.80. The summed E-state index contributed by atoms with van der Waals surface area (Å²) in [5.74, 6) is -0.846. The molecule has 21 heavy (non-hydrogen) atoms. The number of nitrogens with zero attached hydrogens (tertiary/aromatic N) is 1. The van der Waals surface area contributed by atoms with Crippen molar-refractivity contribution in [2.45, 2.75) is 52.4 Å². The van der Waals surface area contributed by atoms with Gasteiger partial charge in [0, 0.05) is 20.0 Å². The second-order valence-electron chi connectivity index (χ2n) is 6.80. The Morgan fingerprint density at radius 1 is 1.19 bits per heavy atom. The van der Waals surface area contributed by atoms with Crippen molar-refractivity contribution in [1.29, 1.82) is 0 Å². The largest absolute Gasteiger partial charge is 0.481 e. The Labute approximate surface area is 125 Å². The number of imide groups is 1. The van der Waals surface area contributed by atoms with Crippen molar-refractivity contribution in [3.63, 3.8) is 0 Å². The zero-order valence-corrected chi connectivity index (χ0v) is 13.1. The highest BCUT2D eigenvalue weighted by molar-refractivity contribution is 5.94. The molecule has 1 aliphatic rings. The first-order chi connectivity index (χ1) is 9.69. The number of carbonyl (C=O) groups is 3. The molecule has 0 aromatic heterocycles. The van der Waals surface area contributed by atoms with Crippen molar-refractivity contribution < 1.29 is 19.5 Å². The molecular formula is C15H26N2O4. The van der Waals surface area contributed by atoms with Crippen LogP contribution in [0, 0.1) is 11.3 Å². The molecule has 2 N–H and O–H groups in total. The summed E-state index contributed by atoms with van der Waals surface area (Å²) in [6, 6.07) is -0.405. The van der Waals surface area contributed by atoms with E-state index in [4.69, 9.17) is 5.11 Å². The van der Waals surface area contributed by atoms with Crippen LogP contribution in [0.15, 0.2) is 0 Å². The third-order valence-electron chi connectivity index (χ3n) is 3.87. The summed E-state index contributed by atoms with van der Waals surface area (Å²) in [5.41, 5.74) is -0.666. The Bertz CT molecular complexity index is 400. The zero-order valence-electron chi connectivity index (χ0n) is 13.1. The zero-order chi connectivity index (χ0) is 16.0. The van der Waals surface area contributed by atoms with Crippen LogP contribution in [-0.2, 0) is 9.59 Å². The van der Waals surface area contributed by atoms with Gasteiger partial charge in [-0.15, -0.1) is 0 Å². The minimum absolute atomic E-state index is 0.0162. The Hall–Kier alpha value is -1.59. The fourth-order valence-electron chi connectivity index (χ4n) is 2.83. The maximum atomic E-state index is 11.9. The lowest BCUT2D eigenvalue weighted by atomic mass is 9.85. The van der Waals surface area contributed by atoms with Crippen LogP contribution in [-0.4, -0.2) is 41.5 Å². The minimum atomic E-state index is -0.947. The van der Waals surface area contributed by atoms with E-state index in [1.165, 1.54) is 17.7 Å². The molecule has 1 rings (SSSR count). The average Bonchev–Trinajstić information content (AvgIpc) is 2.78. The molecule has 0 saturated heterocycles. The first-order valence-corrected chi connectivity index (χ1v) is 7.46. The van der Waals surface area contributed by atoms with E-state index >= 15 is 0 Å². The lowest BCUT2D eigenvalue weighted by Crippen LogP contribution is -2.43. The van der Waals surface area contributed by atoms with Crippen molar-refractivity contribution in [3.05, 3.63) is 0 Å². The Balaban J connectivity index is 2.38. The normalized spacial score (nSPS) is 15.8. The van der Waals surface area contributed by atoms with E-state index in [2.05, 4.69) is 5.32 Å². The summed E-state index contributed by atoms with van der Waals surface area (Å²) >= 11 is 0. The van der Waals surface area contributed by atoms with Crippen LogP contribution in [0.25, 0.3) is 0 Å². The van der Waals surface area contributed by atoms with Crippen LogP contribution < -0.4 is 5.32 Å². The van der Waals surface area contributed by atoms with E-state index in [0.717, 1.165) is 12.8 Å². The molecular weight excluding hydrogens is 272 g/mol. The lowest BCUT2D eigenvalue weighted by Gasteiger charge is -2.24. The third kappa shape index (κ3) is 6.60. The molecule has 1 fully saturated rings. The number of carbonyl (C=O) groups excluding carboxylic acids is 2. The first-order valence-electron chi connectivity index (χ1n) is 7.46. The molecule has 0 radical (unpaired) electrons. The summed E-state index contributed by atoms with van der Waals surface area (Å²) in [5, 5.41) is 11.1. The van der Waals surface area contributed by atoms with Crippen LogP contribution in [0.3, 0.4) is 0 Å². The van der Waals surface area contributed by atoms with E-state index in [1.807, 2.05) is 0 Å². The highest BCUT2D eigenvalue weighted by Crippen LogP contribution is 2.26. The van der Waals surface area contributed by atoms with Gasteiger partial charge in [-0.05, 0) is 24.2 Å². The lowest BCUT2D eigenvalue weighted by molar-refractivity contribution is -0.139. The van der Waals surface area contributed by atoms with Crippen molar-refractivity contribution in [1.82, 2.24) is 10.2 Å². The van der Waals surface area contributed by atoms with Gasteiger partial charge in [-0.25, -0.2) is 4.79 Å². The molecule has 6 nitrogen and oxygen atoms in total. The fourth-order valence-corrected chi connectivity index (χ4v) is 2.83. The number of urea groups is 1. The SMILES string of the molecule is CN(CC1CCCC1)C(=O)NC(=O)CC(C)(C)CC(=O)O. The molecule has 0 aromatic rings. The van der Waals surface area contributed by atoms with Gasteiger partial charge in [0.15, 0.2) is 0 Å². The van der Waals surface area contributed by atoms with Crippen LogP contribution in [0.5, 0.6) is 0 Å². The number of carboxylic acid groups (broad SMARTS) is 1. The van der Waals surface area contributed by atoms with Crippen LogP contribution >= 0.6 is 0 Å². The number of aliphatic carboxylic acids is 1. The number of nitrogens with one attached hydrogen (secondary N) is 1. The van der Waals surface area contributed by atoms with E-state index in [1.54, 1.807) is 20.9 Å². The molecule has 120 valence electrons.